The van der Waals surface area contributed by atoms with Crippen LogP contribution in [0.5, 0.6) is 0 Å². The van der Waals surface area contributed by atoms with Crippen LogP contribution in [0.2, 0.25) is 0 Å². The Balaban J connectivity index is 2.61. The van der Waals surface area contributed by atoms with Crippen molar-refractivity contribution in [2.75, 3.05) is 6.61 Å². The fourth-order valence-electron chi connectivity index (χ4n) is 1.56. The van der Waals surface area contributed by atoms with Crippen LogP contribution in [-0.4, -0.2) is 22.4 Å². The van der Waals surface area contributed by atoms with Gasteiger partial charge >= 0.3 is 5.97 Å². The molecule has 1 heterocycles. The highest BCUT2D eigenvalue weighted by molar-refractivity contribution is 5.70. The zero-order valence-electron chi connectivity index (χ0n) is 9.85. The van der Waals surface area contributed by atoms with Crippen molar-refractivity contribution in [2.24, 2.45) is 5.73 Å². The molecule has 16 heavy (non-hydrogen) atoms. The number of nitrogens with two attached hydrogens (primary N) is 1. The van der Waals surface area contributed by atoms with Crippen LogP contribution in [0, 0.1) is 0 Å². The van der Waals surface area contributed by atoms with E-state index in [1.807, 2.05) is 10.7 Å². The summed E-state index contributed by atoms with van der Waals surface area (Å²) in [5.41, 5.74) is 6.82. The van der Waals surface area contributed by atoms with Gasteiger partial charge in [0, 0.05) is 12.7 Å². The Labute approximate surface area is 95.6 Å². The van der Waals surface area contributed by atoms with Crippen LogP contribution < -0.4 is 5.73 Å². The molecule has 5 nitrogen and oxygen atoms in total. The van der Waals surface area contributed by atoms with Crippen LogP contribution in [0.3, 0.4) is 0 Å². The normalized spacial score (nSPS) is 12.4. The highest BCUT2D eigenvalue weighted by atomic mass is 16.5. The lowest BCUT2D eigenvalue weighted by Gasteiger charge is -2.13. The minimum atomic E-state index is -0.340. The fraction of sp³-hybridized carbons (Fsp3) is 0.636. The lowest BCUT2D eigenvalue weighted by Crippen LogP contribution is -2.20. The molecule has 0 radical (unpaired) electrons. The number of hydrogen-bond donors (Lipinski definition) is 1. The number of aryl methyl sites for hydroxylation is 1. The Kier molecular flexibility index (Phi) is 4.98. The average molecular weight is 225 g/mol. The van der Waals surface area contributed by atoms with E-state index in [-0.39, 0.29) is 18.4 Å². The van der Waals surface area contributed by atoms with E-state index in [9.17, 15) is 4.79 Å². The number of hydrogen-bond acceptors (Lipinski definition) is 4. The summed E-state index contributed by atoms with van der Waals surface area (Å²) in [5.74, 6) is -0.265. The predicted molar refractivity (Wildman–Crippen MR) is 60.7 cm³/mol. The summed E-state index contributed by atoms with van der Waals surface area (Å²) in [6.45, 7) is 5.06. The van der Waals surface area contributed by atoms with Crippen molar-refractivity contribution in [3.63, 3.8) is 0 Å². The van der Waals surface area contributed by atoms with E-state index >= 15 is 0 Å². The maximum absolute atomic E-state index is 11.3. The summed E-state index contributed by atoms with van der Waals surface area (Å²) in [6, 6.07) is 1.51. The summed E-state index contributed by atoms with van der Waals surface area (Å²) in [6.07, 6.45) is 2.89. The highest BCUT2D eigenvalue weighted by Crippen LogP contribution is 2.14. The number of carbonyl (C=O) groups excluding carboxylic acids is 1. The highest BCUT2D eigenvalue weighted by Gasteiger charge is 2.16. The quantitative estimate of drug-likeness (QED) is 0.740. The molecule has 90 valence electrons. The van der Waals surface area contributed by atoms with Gasteiger partial charge in [-0.15, -0.1) is 0 Å². The van der Waals surface area contributed by atoms with E-state index in [0.717, 1.165) is 18.7 Å². The molecule has 0 aliphatic carbocycles. The first-order chi connectivity index (χ1) is 7.69. The number of ether oxygens (including phenoxy) is 1. The maximum atomic E-state index is 11.3. The van der Waals surface area contributed by atoms with Gasteiger partial charge in [0.1, 0.15) is 0 Å². The van der Waals surface area contributed by atoms with Crippen molar-refractivity contribution >= 4 is 5.97 Å². The molecule has 0 amide bonds. The second kappa shape index (κ2) is 6.27. The lowest BCUT2D eigenvalue weighted by atomic mass is 10.1. The summed E-state index contributed by atoms with van der Waals surface area (Å²) >= 11 is 0. The molecule has 2 N–H and O–H groups in total. The molecular weight excluding hydrogens is 206 g/mol. The van der Waals surface area contributed by atoms with E-state index in [1.54, 1.807) is 13.1 Å². The van der Waals surface area contributed by atoms with Crippen LogP contribution in [0.1, 0.15) is 38.4 Å². The number of nitrogens with zero attached hydrogens (tertiary/aromatic N) is 2. The molecular formula is C11H19N3O2. The van der Waals surface area contributed by atoms with Crippen LogP contribution >= 0.6 is 0 Å². The number of esters is 1. The largest absolute Gasteiger partial charge is 0.466 e. The Hall–Kier alpha value is -1.36. The first kappa shape index (κ1) is 12.7. The topological polar surface area (TPSA) is 70.1 Å². The first-order valence-corrected chi connectivity index (χ1v) is 5.61. The minimum Gasteiger partial charge on any atom is -0.466 e. The predicted octanol–water partition coefficient (Wildman–Crippen LogP) is 1.25. The van der Waals surface area contributed by atoms with Gasteiger partial charge in [-0.2, -0.15) is 5.10 Å². The van der Waals surface area contributed by atoms with Gasteiger partial charge in [-0.3, -0.25) is 9.48 Å². The standard InChI is InChI=1S/C11H19N3O2/c1-3-7-14-10(5-6-13-14)9(12)8-11(15)16-4-2/h5-6,9H,3-4,7-8,12H2,1-2H3. The van der Waals surface area contributed by atoms with E-state index < -0.39 is 0 Å². The molecule has 0 bridgehead atoms. The Morgan fingerprint density at radius 1 is 1.62 bits per heavy atom. The van der Waals surface area contributed by atoms with Gasteiger partial charge in [0.05, 0.1) is 24.8 Å². The Morgan fingerprint density at radius 3 is 3.00 bits per heavy atom. The van der Waals surface area contributed by atoms with E-state index in [0.29, 0.717) is 6.61 Å². The molecule has 0 saturated carbocycles. The molecule has 0 spiro atoms. The van der Waals surface area contributed by atoms with Crippen molar-refractivity contribution in [1.82, 2.24) is 9.78 Å². The molecule has 0 aliphatic heterocycles. The molecule has 0 aliphatic rings. The third kappa shape index (κ3) is 3.34. The summed E-state index contributed by atoms with van der Waals surface area (Å²) in [5, 5.41) is 4.16. The van der Waals surface area contributed by atoms with Gasteiger partial charge in [0.15, 0.2) is 0 Å². The second-order valence-electron chi connectivity index (χ2n) is 3.59. The third-order valence-electron chi connectivity index (χ3n) is 2.26. The van der Waals surface area contributed by atoms with E-state index in [2.05, 4.69) is 12.0 Å². The maximum Gasteiger partial charge on any atom is 0.307 e. The van der Waals surface area contributed by atoms with Gasteiger partial charge in [-0.05, 0) is 19.4 Å². The van der Waals surface area contributed by atoms with Crippen molar-refractivity contribution < 1.29 is 9.53 Å². The Bertz CT molecular complexity index is 336. The van der Waals surface area contributed by atoms with Crippen molar-refractivity contribution in [1.29, 1.82) is 0 Å². The first-order valence-electron chi connectivity index (χ1n) is 5.61. The Morgan fingerprint density at radius 2 is 2.38 bits per heavy atom. The molecule has 0 aromatic carbocycles. The molecule has 1 aromatic rings. The zero-order valence-corrected chi connectivity index (χ0v) is 9.85. The summed E-state index contributed by atoms with van der Waals surface area (Å²) in [4.78, 5) is 11.3. The molecule has 1 atom stereocenters. The smallest absolute Gasteiger partial charge is 0.307 e. The molecule has 1 rings (SSSR count). The molecule has 5 heteroatoms. The van der Waals surface area contributed by atoms with Gasteiger partial charge in [0.2, 0.25) is 0 Å². The SMILES string of the molecule is CCCn1nccc1C(N)CC(=O)OCC. The minimum absolute atomic E-state index is 0.198. The average Bonchev–Trinajstić information content (AvgIpc) is 2.66. The number of aromatic nitrogens is 2. The monoisotopic (exact) mass is 225 g/mol. The van der Waals surface area contributed by atoms with Gasteiger partial charge in [-0.1, -0.05) is 6.92 Å². The zero-order chi connectivity index (χ0) is 12.0. The van der Waals surface area contributed by atoms with Crippen LogP contribution in [-0.2, 0) is 16.1 Å². The van der Waals surface area contributed by atoms with Crippen molar-refractivity contribution in [2.45, 2.75) is 39.3 Å². The molecule has 0 fully saturated rings. The molecule has 1 unspecified atom stereocenters. The summed E-state index contributed by atoms with van der Waals surface area (Å²) < 4.78 is 6.70. The van der Waals surface area contributed by atoms with Crippen LogP contribution in [0.25, 0.3) is 0 Å². The molecule has 0 saturated heterocycles. The number of rotatable bonds is 6. The molecule has 1 aromatic heterocycles. The number of carbonyl (C=O) groups is 1. The van der Waals surface area contributed by atoms with Gasteiger partial charge < -0.3 is 10.5 Å². The van der Waals surface area contributed by atoms with Crippen molar-refractivity contribution in [3.8, 4) is 0 Å². The lowest BCUT2D eigenvalue weighted by molar-refractivity contribution is -0.143. The van der Waals surface area contributed by atoms with Gasteiger partial charge in [0.25, 0.3) is 0 Å². The van der Waals surface area contributed by atoms with Crippen LogP contribution in [0.15, 0.2) is 12.3 Å². The van der Waals surface area contributed by atoms with Crippen molar-refractivity contribution in [3.05, 3.63) is 18.0 Å². The third-order valence-corrected chi connectivity index (χ3v) is 2.26. The van der Waals surface area contributed by atoms with Gasteiger partial charge in [-0.25, -0.2) is 0 Å². The van der Waals surface area contributed by atoms with Crippen LogP contribution in [0.4, 0.5) is 0 Å². The van der Waals surface area contributed by atoms with E-state index in [1.165, 1.54) is 0 Å². The summed E-state index contributed by atoms with van der Waals surface area (Å²) in [7, 11) is 0. The van der Waals surface area contributed by atoms with E-state index in [4.69, 9.17) is 10.5 Å². The fourth-order valence-corrected chi connectivity index (χ4v) is 1.56. The second-order valence-corrected chi connectivity index (χ2v) is 3.59.